The number of aromatic nitrogens is 1. The Morgan fingerprint density at radius 1 is 1.03 bits per heavy atom. The average Bonchev–Trinajstić information content (AvgIpc) is 3.33. The van der Waals surface area contributed by atoms with Crippen LogP contribution in [0, 0.1) is 5.82 Å². The summed E-state index contributed by atoms with van der Waals surface area (Å²) in [5.41, 5.74) is 11.2. The largest absolute Gasteiger partial charge is 0.375 e. The van der Waals surface area contributed by atoms with Crippen LogP contribution in [0.15, 0.2) is 72.1 Å². The van der Waals surface area contributed by atoms with Crippen LogP contribution in [-0.4, -0.2) is 29.9 Å². The molecule has 1 aliphatic rings. The van der Waals surface area contributed by atoms with Gasteiger partial charge in [0.1, 0.15) is 12.4 Å². The Morgan fingerprint density at radius 3 is 2.45 bits per heavy atom. The topological polar surface area (TPSA) is 100 Å². The number of nitrogens with one attached hydrogen (secondary N) is 2. The van der Waals surface area contributed by atoms with Gasteiger partial charge in [-0.05, 0) is 72.6 Å². The van der Waals surface area contributed by atoms with Gasteiger partial charge in [-0.25, -0.2) is 9.37 Å². The Bertz CT molecular complexity index is 1410. The smallest absolute Gasteiger partial charge is 0.258 e. The van der Waals surface area contributed by atoms with E-state index in [0.29, 0.717) is 28.6 Å². The number of carbonyl (C=O) groups excluding carboxylic acids is 2. The number of thiazole rings is 1. The standard InChI is InChI=1S/C27H24FN5O2S.2ClH/c28-21-6-1-19(2-7-21)26(35)33(23-10-5-17-11-12-30-14-20(17)13-23)15-25(34)31-22-8-3-18(4-9-22)24-16-36-27(29)32-24;;/h1-10,13,16,30H,11-12,14-15H2,(H2,29,32)(H,31,34);2*1H. The molecule has 4 aromatic rings. The third-order valence-electron chi connectivity index (χ3n) is 6.01. The lowest BCUT2D eigenvalue weighted by Crippen LogP contribution is -2.38. The van der Waals surface area contributed by atoms with Crippen molar-refractivity contribution in [3.05, 3.63) is 94.6 Å². The van der Waals surface area contributed by atoms with Crippen molar-refractivity contribution in [3.63, 3.8) is 0 Å². The van der Waals surface area contributed by atoms with Gasteiger partial charge in [0.25, 0.3) is 5.91 Å². The molecule has 0 bridgehead atoms. The number of benzene rings is 3. The zero-order valence-corrected chi connectivity index (χ0v) is 22.6. The second-order valence-corrected chi connectivity index (χ2v) is 9.36. The highest BCUT2D eigenvalue weighted by atomic mass is 35.5. The van der Waals surface area contributed by atoms with Gasteiger partial charge in [0.15, 0.2) is 5.13 Å². The summed E-state index contributed by atoms with van der Waals surface area (Å²) in [5, 5.41) is 8.55. The van der Waals surface area contributed by atoms with E-state index in [1.54, 1.807) is 12.1 Å². The lowest BCUT2D eigenvalue weighted by molar-refractivity contribution is -0.114. The van der Waals surface area contributed by atoms with Gasteiger partial charge in [-0.2, -0.15) is 0 Å². The van der Waals surface area contributed by atoms with E-state index in [-0.39, 0.29) is 43.2 Å². The summed E-state index contributed by atoms with van der Waals surface area (Å²) in [6.07, 6.45) is 0.908. The molecule has 1 aliphatic heterocycles. The molecule has 5 rings (SSSR count). The summed E-state index contributed by atoms with van der Waals surface area (Å²) in [5.74, 6) is -1.17. The first-order valence-corrected chi connectivity index (χ1v) is 12.4. The number of rotatable bonds is 6. The molecule has 3 aromatic carbocycles. The molecule has 4 N–H and O–H groups in total. The Hall–Kier alpha value is -3.50. The van der Waals surface area contributed by atoms with E-state index in [1.165, 1.54) is 46.1 Å². The lowest BCUT2D eigenvalue weighted by Gasteiger charge is -2.25. The number of hydrogen-bond acceptors (Lipinski definition) is 6. The predicted molar refractivity (Wildman–Crippen MR) is 155 cm³/mol. The van der Waals surface area contributed by atoms with Gasteiger partial charge in [0.05, 0.1) is 5.69 Å². The molecule has 0 radical (unpaired) electrons. The van der Waals surface area contributed by atoms with Crippen molar-refractivity contribution in [1.82, 2.24) is 10.3 Å². The number of hydrogen-bond donors (Lipinski definition) is 3. The van der Waals surface area contributed by atoms with Crippen molar-refractivity contribution in [1.29, 1.82) is 0 Å². The summed E-state index contributed by atoms with van der Waals surface area (Å²) < 4.78 is 13.4. The number of carbonyl (C=O) groups is 2. The third-order valence-corrected chi connectivity index (χ3v) is 6.69. The maximum Gasteiger partial charge on any atom is 0.258 e. The Kier molecular flexibility index (Phi) is 9.82. The molecule has 11 heteroatoms. The summed E-state index contributed by atoms with van der Waals surface area (Å²) in [7, 11) is 0. The number of nitrogen functional groups attached to an aromatic ring is 1. The number of nitrogens with two attached hydrogens (primary N) is 1. The quantitative estimate of drug-likeness (QED) is 0.290. The van der Waals surface area contributed by atoms with Crippen molar-refractivity contribution in [3.8, 4) is 11.3 Å². The van der Waals surface area contributed by atoms with Gasteiger partial charge >= 0.3 is 0 Å². The molecule has 0 unspecified atom stereocenters. The second-order valence-electron chi connectivity index (χ2n) is 8.47. The molecule has 1 aromatic heterocycles. The van der Waals surface area contributed by atoms with Gasteiger partial charge in [0.2, 0.25) is 5.91 Å². The molecule has 0 spiro atoms. The highest BCUT2D eigenvalue weighted by Gasteiger charge is 2.22. The van der Waals surface area contributed by atoms with Gasteiger partial charge < -0.3 is 16.4 Å². The first kappa shape index (κ1) is 29.1. The van der Waals surface area contributed by atoms with Crippen LogP contribution in [0.5, 0.6) is 0 Å². The zero-order valence-electron chi connectivity index (χ0n) is 20.1. The SMILES string of the molecule is Cl.Cl.Nc1nc(-c2ccc(NC(=O)CN(C(=O)c3ccc(F)cc3)c3ccc4c(c3)CNCC4)cc2)cs1. The molecular weight excluding hydrogens is 548 g/mol. The van der Waals surface area contributed by atoms with Crippen LogP contribution in [-0.2, 0) is 17.8 Å². The van der Waals surface area contributed by atoms with Crippen molar-refractivity contribution >= 4 is 64.5 Å². The van der Waals surface area contributed by atoms with Crippen LogP contribution in [0.3, 0.4) is 0 Å². The van der Waals surface area contributed by atoms with E-state index < -0.39 is 5.82 Å². The molecule has 198 valence electrons. The number of anilines is 3. The molecule has 38 heavy (non-hydrogen) atoms. The Balaban J connectivity index is 0.00000200. The van der Waals surface area contributed by atoms with Crippen molar-refractivity contribution in [2.45, 2.75) is 13.0 Å². The minimum Gasteiger partial charge on any atom is -0.375 e. The van der Waals surface area contributed by atoms with Crippen LogP contribution in [0.4, 0.5) is 20.9 Å². The molecule has 0 atom stereocenters. The number of fused-ring (bicyclic) bond motifs is 1. The molecule has 0 aliphatic carbocycles. The minimum atomic E-state index is -0.431. The molecule has 2 amide bonds. The number of nitrogens with zero attached hydrogens (tertiary/aromatic N) is 2. The van der Waals surface area contributed by atoms with Crippen LogP contribution >= 0.6 is 36.2 Å². The fourth-order valence-electron chi connectivity index (χ4n) is 4.15. The molecule has 0 fully saturated rings. The van der Waals surface area contributed by atoms with Gasteiger partial charge in [-0.15, -0.1) is 36.2 Å². The lowest BCUT2D eigenvalue weighted by atomic mass is 10.00. The van der Waals surface area contributed by atoms with Crippen molar-refractivity contribution < 1.29 is 14.0 Å². The maximum absolute atomic E-state index is 13.4. The minimum absolute atomic E-state index is 0. The van der Waals surface area contributed by atoms with E-state index in [4.69, 9.17) is 5.73 Å². The number of halogens is 3. The highest BCUT2D eigenvalue weighted by Crippen LogP contribution is 2.26. The maximum atomic E-state index is 13.4. The van der Waals surface area contributed by atoms with E-state index >= 15 is 0 Å². The Labute approximate surface area is 236 Å². The molecule has 7 nitrogen and oxygen atoms in total. The van der Waals surface area contributed by atoms with Crippen LogP contribution in [0.1, 0.15) is 21.5 Å². The van der Waals surface area contributed by atoms with Crippen molar-refractivity contribution in [2.24, 2.45) is 0 Å². The van der Waals surface area contributed by atoms with Crippen LogP contribution in [0.2, 0.25) is 0 Å². The van der Waals surface area contributed by atoms with Crippen LogP contribution < -0.4 is 21.3 Å². The van der Waals surface area contributed by atoms with E-state index in [1.807, 2.05) is 35.7 Å². The first-order valence-electron chi connectivity index (χ1n) is 11.5. The third kappa shape index (κ3) is 6.68. The highest BCUT2D eigenvalue weighted by molar-refractivity contribution is 7.13. The monoisotopic (exact) mass is 573 g/mol. The van der Waals surface area contributed by atoms with Crippen LogP contribution in [0.25, 0.3) is 11.3 Å². The molecule has 2 heterocycles. The first-order chi connectivity index (χ1) is 17.5. The molecule has 0 saturated carbocycles. The van der Waals surface area contributed by atoms with E-state index in [0.717, 1.165) is 29.8 Å². The second kappa shape index (κ2) is 12.8. The Morgan fingerprint density at radius 2 is 1.76 bits per heavy atom. The molecular formula is C27H26Cl2FN5O2S. The van der Waals surface area contributed by atoms with Gasteiger partial charge in [0, 0.05) is 34.4 Å². The fourth-order valence-corrected chi connectivity index (χ4v) is 4.72. The van der Waals surface area contributed by atoms with E-state index in [2.05, 4.69) is 15.6 Å². The molecule has 0 saturated heterocycles. The number of amides is 2. The predicted octanol–water partition coefficient (Wildman–Crippen LogP) is 5.31. The van der Waals surface area contributed by atoms with E-state index in [9.17, 15) is 14.0 Å². The fraction of sp³-hybridized carbons (Fsp3) is 0.148. The average molecular weight is 575 g/mol. The normalized spacial score (nSPS) is 11.9. The summed E-state index contributed by atoms with van der Waals surface area (Å²) >= 11 is 1.36. The van der Waals surface area contributed by atoms with Gasteiger partial charge in [-0.1, -0.05) is 18.2 Å². The zero-order chi connectivity index (χ0) is 25.1. The van der Waals surface area contributed by atoms with Gasteiger partial charge in [-0.3, -0.25) is 14.5 Å². The summed E-state index contributed by atoms with van der Waals surface area (Å²) in [6, 6.07) is 18.4. The summed E-state index contributed by atoms with van der Waals surface area (Å²) in [4.78, 5) is 32.1. The van der Waals surface area contributed by atoms with Crippen molar-refractivity contribution in [2.75, 3.05) is 29.0 Å². The summed E-state index contributed by atoms with van der Waals surface area (Å²) in [6.45, 7) is 1.40.